The molecule has 0 unspecified atom stereocenters. The van der Waals surface area contributed by atoms with Crippen LogP contribution in [-0.2, 0) is 24.8 Å². The number of primary sulfonamides is 1. The molecule has 0 amide bonds. The molecule has 0 aliphatic carbocycles. The summed E-state index contributed by atoms with van der Waals surface area (Å²) < 4.78 is 54.1. The lowest BCUT2D eigenvalue weighted by molar-refractivity contribution is 0.186. The van der Waals surface area contributed by atoms with Crippen LogP contribution >= 0.6 is 11.3 Å². The second kappa shape index (κ2) is 6.27. The maximum absolute atomic E-state index is 12.6. The molecule has 0 aromatic carbocycles. The lowest BCUT2D eigenvalue weighted by Crippen LogP contribution is -2.39. The molecule has 0 spiro atoms. The maximum atomic E-state index is 12.6. The number of hydrogen-bond acceptors (Lipinski definition) is 6. The highest BCUT2D eigenvalue weighted by atomic mass is 32.3. The summed E-state index contributed by atoms with van der Waals surface area (Å²) >= 11 is 0.642. The predicted octanol–water partition coefficient (Wildman–Crippen LogP) is 0.153. The van der Waals surface area contributed by atoms with Crippen LogP contribution < -0.4 is 5.14 Å². The third-order valence-corrected chi connectivity index (χ3v) is 8.24. The summed E-state index contributed by atoms with van der Waals surface area (Å²) in [7, 11) is -6.20. The van der Waals surface area contributed by atoms with Gasteiger partial charge in [-0.25, -0.2) is 22.0 Å². The first kappa shape index (κ1) is 17.4. The van der Waals surface area contributed by atoms with Crippen LogP contribution in [0.15, 0.2) is 14.5 Å². The highest BCUT2D eigenvalue weighted by Gasteiger charge is 2.39. The van der Waals surface area contributed by atoms with E-state index >= 15 is 0 Å². The molecule has 2 heterocycles. The quantitative estimate of drug-likeness (QED) is 0.591. The average molecular weight is 364 g/mol. The molecule has 1 atom stereocenters. The number of ether oxygens (including phenoxy) is 1. The van der Waals surface area contributed by atoms with E-state index in [4.69, 9.17) is 16.3 Å². The Hall–Kier alpha value is -0.960. The first-order chi connectivity index (χ1) is 10.2. The van der Waals surface area contributed by atoms with Crippen molar-refractivity contribution in [1.82, 2.24) is 4.31 Å². The summed E-state index contributed by atoms with van der Waals surface area (Å²) in [5.41, 5.74) is 0.333. The normalized spacial score (nSPS) is 21.2. The topological polar surface area (TPSA) is 107 Å². The van der Waals surface area contributed by atoms with Gasteiger partial charge in [0.05, 0.1) is 5.92 Å². The Morgan fingerprint density at radius 2 is 2.27 bits per heavy atom. The fraction of sp³-hybridized carbons (Fsp3) is 0.500. The fourth-order valence-corrected chi connectivity index (χ4v) is 6.51. The van der Waals surface area contributed by atoms with Crippen molar-refractivity contribution in [3.8, 4) is 12.3 Å². The van der Waals surface area contributed by atoms with Gasteiger partial charge >= 0.3 is 0 Å². The minimum Gasteiger partial charge on any atom is -0.385 e. The predicted molar refractivity (Wildman–Crippen MR) is 82.5 cm³/mol. The van der Waals surface area contributed by atoms with E-state index in [2.05, 4.69) is 5.92 Å². The van der Waals surface area contributed by atoms with E-state index in [1.54, 1.807) is 0 Å². The summed E-state index contributed by atoms with van der Waals surface area (Å²) in [6.45, 7) is 0.805. The summed E-state index contributed by atoms with van der Waals surface area (Å²) in [6.07, 6.45) is 5.99. The zero-order valence-corrected chi connectivity index (χ0v) is 14.3. The van der Waals surface area contributed by atoms with Crippen LogP contribution in [0.3, 0.4) is 0 Å². The van der Waals surface area contributed by atoms with Crippen molar-refractivity contribution >= 4 is 31.4 Å². The minimum absolute atomic E-state index is 0.0388. The zero-order chi connectivity index (χ0) is 16.5. The second-order valence-electron chi connectivity index (χ2n) is 4.78. The molecule has 22 heavy (non-hydrogen) atoms. The van der Waals surface area contributed by atoms with Crippen molar-refractivity contribution in [2.75, 3.05) is 26.8 Å². The number of nitrogens with zero attached hydrogens (tertiary/aromatic N) is 1. The molecule has 0 bridgehead atoms. The highest BCUT2D eigenvalue weighted by Crippen LogP contribution is 2.40. The van der Waals surface area contributed by atoms with E-state index in [0.29, 0.717) is 29.9 Å². The Kier molecular flexibility index (Phi) is 4.96. The SMILES string of the molecule is C#C[C@H]1CN(CCCOC)S(=O)(=O)c2sc(S(N)(=O)=O)cc21. The molecule has 0 fully saturated rings. The molecule has 0 saturated heterocycles. The zero-order valence-electron chi connectivity index (χ0n) is 11.9. The van der Waals surface area contributed by atoms with Gasteiger partial charge in [-0.05, 0) is 12.5 Å². The van der Waals surface area contributed by atoms with Gasteiger partial charge in [-0.3, -0.25) is 0 Å². The van der Waals surface area contributed by atoms with Gasteiger partial charge in [0.1, 0.15) is 8.42 Å². The van der Waals surface area contributed by atoms with Gasteiger partial charge in [-0.15, -0.1) is 17.8 Å². The molecule has 1 aromatic rings. The van der Waals surface area contributed by atoms with Crippen LogP contribution in [0.1, 0.15) is 17.9 Å². The Morgan fingerprint density at radius 1 is 1.59 bits per heavy atom. The van der Waals surface area contributed by atoms with Crippen molar-refractivity contribution in [1.29, 1.82) is 0 Å². The molecular formula is C12H16N2O5S3. The third kappa shape index (κ3) is 3.19. The van der Waals surface area contributed by atoms with Crippen LogP contribution in [0, 0.1) is 12.3 Å². The molecule has 1 aliphatic heterocycles. The monoisotopic (exact) mass is 364 g/mol. The van der Waals surface area contributed by atoms with Crippen molar-refractivity contribution in [2.24, 2.45) is 5.14 Å². The van der Waals surface area contributed by atoms with E-state index in [1.807, 2.05) is 0 Å². The van der Waals surface area contributed by atoms with E-state index in [1.165, 1.54) is 17.5 Å². The van der Waals surface area contributed by atoms with E-state index in [0.717, 1.165) is 0 Å². The standard InChI is InChI=1S/C12H16N2O5S3/c1-3-9-8-14(5-4-6-19-2)22(17,18)12-10(9)7-11(20-12)21(13,15)16/h1,7,9H,4-6,8H2,2H3,(H2,13,15,16)/t9-/m0/s1. The smallest absolute Gasteiger partial charge is 0.252 e. The van der Waals surface area contributed by atoms with Crippen LogP contribution in [0.2, 0.25) is 0 Å². The fourth-order valence-electron chi connectivity index (χ4n) is 2.21. The van der Waals surface area contributed by atoms with E-state index < -0.39 is 26.0 Å². The number of methoxy groups -OCH3 is 1. The number of thiophene rings is 1. The summed E-state index contributed by atoms with van der Waals surface area (Å²) in [5.74, 6) is 2.02. The van der Waals surface area contributed by atoms with Gasteiger partial charge in [0.25, 0.3) is 10.0 Å². The van der Waals surface area contributed by atoms with Crippen molar-refractivity contribution in [3.05, 3.63) is 11.6 Å². The molecule has 10 heteroatoms. The molecular weight excluding hydrogens is 348 g/mol. The third-order valence-electron chi connectivity index (χ3n) is 3.28. The average Bonchev–Trinajstić information content (AvgIpc) is 2.88. The van der Waals surface area contributed by atoms with Crippen LogP contribution in [-0.4, -0.2) is 47.9 Å². The van der Waals surface area contributed by atoms with Crippen molar-refractivity contribution < 1.29 is 21.6 Å². The Bertz CT molecular complexity index is 804. The van der Waals surface area contributed by atoms with E-state index in [-0.39, 0.29) is 21.5 Å². The summed E-state index contributed by atoms with van der Waals surface area (Å²) in [5, 5.41) is 5.08. The first-order valence-electron chi connectivity index (χ1n) is 6.33. The molecule has 7 nitrogen and oxygen atoms in total. The van der Waals surface area contributed by atoms with Crippen LogP contribution in [0.4, 0.5) is 0 Å². The van der Waals surface area contributed by atoms with Crippen molar-refractivity contribution in [3.63, 3.8) is 0 Å². The van der Waals surface area contributed by atoms with Gasteiger partial charge in [0.15, 0.2) is 0 Å². The van der Waals surface area contributed by atoms with E-state index in [9.17, 15) is 16.8 Å². The summed E-state index contributed by atoms with van der Waals surface area (Å²) in [6, 6.07) is 1.27. The first-order valence-corrected chi connectivity index (χ1v) is 10.1. The lowest BCUT2D eigenvalue weighted by Gasteiger charge is -2.29. The Labute approximate surface area is 134 Å². The van der Waals surface area contributed by atoms with Gasteiger partial charge in [-0.1, -0.05) is 5.92 Å². The Balaban J connectivity index is 2.47. The van der Waals surface area contributed by atoms with Crippen molar-refractivity contribution in [2.45, 2.75) is 20.8 Å². The number of rotatable bonds is 5. The van der Waals surface area contributed by atoms with Crippen LogP contribution in [0.25, 0.3) is 0 Å². The highest BCUT2D eigenvalue weighted by molar-refractivity contribution is 7.94. The van der Waals surface area contributed by atoms with Gasteiger partial charge in [0, 0.05) is 32.4 Å². The second-order valence-corrected chi connectivity index (χ2v) is 9.76. The lowest BCUT2D eigenvalue weighted by atomic mass is 10.0. The van der Waals surface area contributed by atoms with Gasteiger partial charge in [-0.2, -0.15) is 4.31 Å². The molecule has 0 radical (unpaired) electrons. The molecule has 1 aromatic heterocycles. The Morgan fingerprint density at radius 3 is 2.82 bits per heavy atom. The number of sulfonamides is 2. The number of hydrogen-bond donors (Lipinski definition) is 1. The maximum Gasteiger partial charge on any atom is 0.252 e. The minimum atomic E-state index is -3.97. The molecule has 2 rings (SSSR count). The van der Waals surface area contributed by atoms with Gasteiger partial charge in [0.2, 0.25) is 10.0 Å². The molecule has 2 N–H and O–H groups in total. The number of terminal acetylenes is 1. The van der Waals surface area contributed by atoms with Gasteiger partial charge < -0.3 is 4.74 Å². The van der Waals surface area contributed by atoms with Crippen LogP contribution in [0.5, 0.6) is 0 Å². The number of nitrogens with two attached hydrogens (primary N) is 1. The summed E-state index contributed by atoms with van der Waals surface area (Å²) in [4.78, 5) is 0. The molecule has 0 saturated carbocycles. The molecule has 1 aliphatic rings. The molecule has 122 valence electrons. The largest absolute Gasteiger partial charge is 0.385 e. The number of fused-ring (bicyclic) bond motifs is 1.